The number of carbonyl (C=O) groups excluding carboxylic acids is 2. The molecule has 0 saturated carbocycles. The molecule has 1 aliphatic heterocycles. The molecular weight excluding hydrogens is 206 g/mol. The molecule has 0 fully saturated rings. The number of rotatable bonds is 2. The Morgan fingerprint density at radius 3 is 2.86 bits per heavy atom. The second kappa shape index (κ2) is 4.85. The number of hydrogen-bond acceptors (Lipinski definition) is 6. The molecule has 1 unspecified atom stereocenters. The lowest BCUT2D eigenvalue weighted by Gasteiger charge is -2.09. The van der Waals surface area contributed by atoms with Crippen molar-refractivity contribution in [3.05, 3.63) is 0 Å². The van der Waals surface area contributed by atoms with Crippen molar-refractivity contribution in [1.82, 2.24) is 0 Å². The number of hydrogen-bond donors (Lipinski definition) is 0. The summed E-state index contributed by atoms with van der Waals surface area (Å²) in [5, 5.41) is 7.39. The van der Waals surface area contributed by atoms with Crippen LogP contribution in [-0.4, -0.2) is 35.9 Å². The van der Waals surface area contributed by atoms with Crippen molar-refractivity contribution >= 4 is 28.8 Å². The Morgan fingerprint density at radius 2 is 2.36 bits per heavy atom. The summed E-state index contributed by atoms with van der Waals surface area (Å²) in [5.41, 5.74) is 0. The molecule has 14 heavy (non-hydrogen) atoms. The maximum atomic E-state index is 11.2. The maximum absolute atomic E-state index is 11.2. The summed E-state index contributed by atoms with van der Waals surface area (Å²) in [6.07, 6.45) is 1.72. The number of amides is 1. The first-order chi connectivity index (χ1) is 6.69. The largest absolute Gasteiger partial charge is 0.464 e. The van der Waals surface area contributed by atoms with Crippen LogP contribution >= 0.6 is 11.8 Å². The summed E-state index contributed by atoms with van der Waals surface area (Å²) in [6, 6.07) is -1.22. The van der Waals surface area contributed by atoms with E-state index in [4.69, 9.17) is 0 Å². The van der Waals surface area contributed by atoms with Crippen LogP contribution in [0, 0.1) is 0 Å². The van der Waals surface area contributed by atoms with Gasteiger partial charge in [0.15, 0.2) is 0 Å². The van der Waals surface area contributed by atoms with Crippen molar-refractivity contribution in [1.29, 1.82) is 0 Å². The third-order valence-corrected chi connectivity index (χ3v) is 1.93. The van der Waals surface area contributed by atoms with Gasteiger partial charge in [0.1, 0.15) is 0 Å². The highest BCUT2D eigenvalue weighted by atomic mass is 32.2. The SMILES string of the molecule is CCOC(=O)C1N=NC(SC)=NC1=O. The lowest BCUT2D eigenvalue weighted by molar-refractivity contribution is -0.147. The lowest BCUT2D eigenvalue weighted by atomic mass is 10.3. The van der Waals surface area contributed by atoms with Crippen LogP contribution in [0.5, 0.6) is 0 Å². The van der Waals surface area contributed by atoms with Crippen molar-refractivity contribution < 1.29 is 14.3 Å². The highest BCUT2D eigenvalue weighted by Gasteiger charge is 2.30. The van der Waals surface area contributed by atoms with Crippen LogP contribution in [0.15, 0.2) is 15.2 Å². The van der Waals surface area contributed by atoms with Gasteiger partial charge in [-0.2, -0.15) is 10.1 Å². The number of nitrogens with zero attached hydrogens (tertiary/aromatic N) is 3. The molecule has 0 aromatic heterocycles. The predicted molar refractivity (Wildman–Crippen MR) is 51.2 cm³/mol. The van der Waals surface area contributed by atoms with E-state index in [0.29, 0.717) is 0 Å². The third-order valence-electron chi connectivity index (χ3n) is 1.39. The molecule has 0 aliphatic carbocycles. The van der Waals surface area contributed by atoms with Gasteiger partial charge in [0.2, 0.25) is 11.2 Å². The molecule has 6 nitrogen and oxygen atoms in total. The molecule has 1 aliphatic rings. The molecule has 1 rings (SSSR count). The molecule has 1 amide bonds. The van der Waals surface area contributed by atoms with Crippen LogP contribution in [0.3, 0.4) is 0 Å². The number of azo groups is 1. The Kier molecular flexibility index (Phi) is 3.75. The van der Waals surface area contributed by atoms with Crippen molar-refractivity contribution in [2.45, 2.75) is 13.0 Å². The summed E-state index contributed by atoms with van der Waals surface area (Å²) in [6.45, 7) is 1.86. The zero-order valence-corrected chi connectivity index (χ0v) is 8.58. The fraction of sp³-hybridized carbons (Fsp3) is 0.571. The fourth-order valence-electron chi connectivity index (χ4n) is 0.790. The Labute approximate surface area is 84.8 Å². The zero-order valence-electron chi connectivity index (χ0n) is 7.76. The predicted octanol–water partition coefficient (Wildman–Crippen LogP) is 0.629. The van der Waals surface area contributed by atoms with Gasteiger partial charge in [0, 0.05) is 0 Å². The summed E-state index contributed by atoms with van der Waals surface area (Å²) < 4.78 is 4.63. The molecule has 0 spiro atoms. The van der Waals surface area contributed by atoms with Gasteiger partial charge in [0.05, 0.1) is 6.61 Å². The highest BCUT2D eigenvalue weighted by Crippen LogP contribution is 2.11. The van der Waals surface area contributed by atoms with E-state index in [2.05, 4.69) is 20.0 Å². The van der Waals surface area contributed by atoms with E-state index in [1.165, 1.54) is 11.8 Å². The van der Waals surface area contributed by atoms with E-state index >= 15 is 0 Å². The molecule has 76 valence electrons. The second-order valence-electron chi connectivity index (χ2n) is 2.31. The molecule has 0 bridgehead atoms. The summed E-state index contributed by atoms with van der Waals surface area (Å²) >= 11 is 1.19. The minimum Gasteiger partial charge on any atom is -0.464 e. The lowest BCUT2D eigenvalue weighted by Crippen LogP contribution is -2.31. The van der Waals surface area contributed by atoms with Gasteiger partial charge in [-0.25, -0.2) is 4.79 Å². The maximum Gasteiger partial charge on any atom is 0.342 e. The molecule has 0 saturated heterocycles. The van der Waals surface area contributed by atoms with E-state index in [1.807, 2.05) is 0 Å². The number of ether oxygens (including phenoxy) is 1. The van der Waals surface area contributed by atoms with Gasteiger partial charge in [-0.3, -0.25) is 4.79 Å². The highest BCUT2D eigenvalue weighted by molar-refractivity contribution is 8.13. The monoisotopic (exact) mass is 215 g/mol. The average molecular weight is 215 g/mol. The molecule has 7 heteroatoms. The quantitative estimate of drug-likeness (QED) is 0.499. The summed E-state index contributed by atoms with van der Waals surface area (Å²) in [4.78, 5) is 25.9. The van der Waals surface area contributed by atoms with Crippen LogP contribution < -0.4 is 0 Å². The number of amidine groups is 1. The molecular formula is C7H9N3O3S. The van der Waals surface area contributed by atoms with Gasteiger partial charge in [-0.1, -0.05) is 11.8 Å². The van der Waals surface area contributed by atoms with Gasteiger partial charge in [-0.15, -0.1) is 5.11 Å². The van der Waals surface area contributed by atoms with E-state index < -0.39 is 17.9 Å². The molecule has 1 atom stereocenters. The van der Waals surface area contributed by atoms with Crippen LogP contribution in [0.4, 0.5) is 0 Å². The van der Waals surface area contributed by atoms with E-state index in [9.17, 15) is 9.59 Å². The number of thioether (sulfide) groups is 1. The van der Waals surface area contributed by atoms with Gasteiger partial charge >= 0.3 is 5.97 Å². The molecule has 0 aromatic carbocycles. The molecule has 0 aromatic rings. The Bertz CT molecular complexity index is 313. The third kappa shape index (κ3) is 2.38. The first-order valence-electron chi connectivity index (χ1n) is 3.93. The van der Waals surface area contributed by atoms with Crippen molar-refractivity contribution in [2.24, 2.45) is 15.2 Å². The van der Waals surface area contributed by atoms with Crippen molar-refractivity contribution in [2.75, 3.05) is 12.9 Å². The van der Waals surface area contributed by atoms with Gasteiger partial charge < -0.3 is 4.74 Å². The zero-order chi connectivity index (χ0) is 10.6. The Balaban J connectivity index is 2.69. The Hall–Kier alpha value is -1.24. The fourth-order valence-corrected chi connectivity index (χ4v) is 1.10. The number of aliphatic imine (C=N–C) groups is 1. The van der Waals surface area contributed by atoms with Crippen molar-refractivity contribution in [3.63, 3.8) is 0 Å². The minimum absolute atomic E-state index is 0.206. The Morgan fingerprint density at radius 1 is 1.64 bits per heavy atom. The van der Waals surface area contributed by atoms with E-state index in [0.717, 1.165) is 0 Å². The minimum atomic E-state index is -1.22. The van der Waals surface area contributed by atoms with Crippen LogP contribution in [0.1, 0.15) is 6.92 Å². The second-order valence-corrected chi connectivity index (χ2v) is 3.08. The first-order valence-corrected chi connectivity index (χ1v) is 5.15. The number of esters is 1. The van der Waals surface area contributed by atoms with E-state index in [1.54, 1.807) is 13.2 Å². The smallest absolute Gasteiger partial charge is 0.342 e. The van der Waals surface area contributed by atoms with E-state index in [-0.39, 0.29) is 11.8 Å². The molecule has 0 N–H and O–H groups in total. The van der Waals surface area contributed by atoms with Gasteiger partial charge in [-0.05, 0) is 13.2 Å². The molecule has 0 radical (unpaired) electrons. The van der Waals surface area contributed by atoms with Crippen LogP contribution in [-0.2, 0) is 14.3 Å². The number of carbonyl (C=O) groups is 2. The standard InChI is InChI=1S/C7H9N3O3S/c1-3-13-6(12)4-5(11)8-7(14-2)10-9-4/h4H,3H2,1-2H3. The van der Waals surface area contributed by atoms with Gasteiger partial charge in [0.25, 0.3) is 5.91 Å². The summed E-state index contributed by atoms with van der Waals surface area (Å²) in [5.74, 6) is -1.33. The normalized spacial score (nSPS) is 20.6. The van der Waals surface area contributed by atoms with Crippen molar-refractivity contribution in [3.8, 4) is 0 Å². The van der Waals surface area contributed by atoms with Crippen LogP contribution in [0.2, 0.25) is 0 Å². The van der Waals surface area contributed by atoms with Crippen LogP contribution in [0.25, 0.3) is 0 Å². The topological polar surface area (TPSA) is 80.4 Å². The first kappa shape index (κ1) is 10.8. The summed E-state index contributed by atoms with van der Waals surface area (Å²) in [7, 11) is 0. The average Bonchev–Trinajstić information content (AvgIpc) is 2.17. The molecule has 1 heterocycles.